The van der Waals surface area contributed by atoms with E-state index in [9.17, 15) is 0 Å². The highest BCUT2D eigenvalue weighted by Gasteiger charge is 2.64. The Kier molecular flexibility index (Phi) is 3.61. The lowest BCUT2D eigenvalue weighted by molar-refractivity contribution is 0.144. The van der Waals surface area contributed by atoms with E-state index in [1.54, 1.807) is 13.3 Å². The average molecular weight is 395 g/mol. The lowest BCUT2D eigenvalue weighted by atomic mass is 10.0. The van der Waals surface area contributed by atoms with Crippen LogP contribution in [0.4, 0.5) is 5.82 Å². The molecule has 2 saturated carbocycles. The summed E-state index contributed by atoms with van der Waals surface area (Å²) in [6.07, 6.45) is 3.80. The van der Waals surface area contributed by atoms with Crippen molar-refractivity contribution in [3.05, 3.63) is 15.1 Å². The maximum absolute atomic E-state index is 6.46. The molecule has 1 heterocycles. The highest BCUT2D eigenvalue weighted by molar-refractivity contribution is 14.1. The lowest BCUT2D eigenvalue weighted by Crippen LogP contribution is -2.41. The molecule has 0 saturated heterocycles. The molecule has 3 rings (SSSR count). The number of anilines is 1. The summed E-state index contributed by atoms with van der Waals surface area (Å²) in [6, 6.07) is 0.233. The van der Waals surface area contributed by atoms with Crippen LogP contribution in [0.25, 0.3) is 0 Å². The molecule has 0 spiro atoms. The van der Waals surface area contributed by atoms with Crippen LogP contribution in [0.15, 0.2) is 6.20 Å². The molecule has 5 nitrogen and oxygen atoms in total. The van der Waals surface area contributed by atoms with Crippen molar-refractivity contribution in [2.45, 2.75) is 24.4 Å². The summed E-state index contributed by atoms with van der Waals surface area (Å²) in [5.74, 6) is 1.89. The van der Waals surface area contributed by atoms with Crippen LogP contribution in [0.5, 0.6) is 0 Å². The quantitative estimate of drug-likeness (QED) is 0.603. The molecular formula is C12H16ClIN4O. The third-order valence-electron chi connectivity index (χ3n) is 4.27. The zero-order valence-corrected chi connectivity index (χ0v) is 13.5. The third-order valence-corrected chi connectivity index (χ3v) is 5.24. The second-order valence-corrected chi connectivity index (χ2v) is 6.91. The van der Waals surface area contributed by atoms with Gasteiger partial charge in [-0.15, -0.1) is 0 Å². The molecule has 0 bridgehead atoms. The van der Waals surface area contributed by atoms with Gasteiger partial charge in [0.25, 0.3) is 0 Å². The molecule has 2 aliphatic rings. The number of hydrogen-bond acceptors (Lipinski definition) is 5. The number of nitrogens with two attached hydrogens (primary N) is 1. The largest absolute Gasteiger partial charge is 0.384 e. The number of ether oxygens (including phenoxy) is 1. The molecule has 2 fully saturated rings. The molecule has 0 aromatic carbocycles. The summed E-state index contributed by atoms with van der Waals surface area (Å²) in [5, 5.41) is 3.70. The summed E-state index contributed by atoms with van der Waals surface area (Å²) < 4.78 is 6.23. The lowest BCUT2D eigenvalue weighted by Gasteiger charge is -2.22. The van der Waals surface area contributed by atoms with Gasteiger partial charge in [-0.3, -0.25) is 0 Å². The van der Waals surface area contributed by atoms with E-state index < -0.39 is 0 Å². The van der Waals surface area contributed by atoms with E-state index in [1.165, 1.54) is 0 Å². The molecule has 2 aliphatic carbocycles. The molecular weight excluding hydrogens is 379 g/mol. The van der Waals surface area contributed by atoms with Gasteiger partial charge in [0.15, 0.2) is 0 Å². The number of halogens is 2. The first-order chi connectivity index (χ1) is 9.04. The fourth-order valence-corrected chi connectivity index (χ4v) is 3.77. The minimum absolute atomic E-state index is 0.107. The van der Waals surface area contributed by atoms with Gasteiger partial charge in [-0.1, -0.05) is 0 Å². The summed E-state index contributed by atoms with van der Waals surface area (Å²) >= 11 is 8.04. The Balaban J connectivity index is 1.75. The second-order valence-electron chi connectivity index (χ2n) is 5.41. The average Bonchev–Trinajstić information content (AvgIpc) is 2.99. The Bertz CT molecular complexity index is 503. The number of rotatable bonds is 4. The number of nitrogens with one attached hydrogen (secondary N) is 1. The van der Waals surface area contributed by atoms with E-state index in [0.29, 0.717) is 11.8 Å². The first kappa shape index (κ1) is 13.8. The van der Waals surface area contributed by atoms with E-state index in [0.717, 1.165) is 28.8 Å². The summed E-state index contributed by atoms with van der Waals surface area (Å²) in [7, 11) is 1.74. The zero-order chi connectivity index (χ0) is 13.6. The van der Waals surface area contributed by atoms with Crippen molar-refractivity contribution in [1.29, 1.82) is 0 Å². The third kappa shape index (κ3) is 2.43. The van der Waals surface area contributed by atoms with Gasteiger partial charge in [0.2, 0.25) is 5.28 Å². The highest BCUT2D eigenvalue weighted by atomic mass is 127. The molecule has 4 atom stereocenters. The number of methoxy groups -OCH3 is 1. The molecule has 19 heavy (non-hydrogen) atoms. The SMILES string of the molecule is COC[C@H]1C[C@@H](Nc2nc(Cl)ncc2I)[C@@]2(N)C[C@@H]12. The zero-order valence-electron chi connectivity index (χ0n) is 10.6. The number of aromatic nitrogens is 2. The Labute approximate surface area is 130 Å². The van der Waals surface area contributed by atoms with Crippen molar-refractivity contribution < 1.29 is 4.74 Å². The Morgan fingerprint density at radius 3 is 3.21 bits per heavy atom. The first-order valence-electron chi connectivity index (χ1n) is 6.27. The van der Waals surface area contributed by atoms with E-state index >= 15 is 0 Å². The van der Waals surface area contributed by atoms with Gasteiger partial charge in [-0.2, -0.15) is 4.98 Å². The van der Waals surface area contributed by atoms with Crippen LogP contribution in [0.1, 0.15) is 12.8 Å². The van der Waals surface area contributed by atoms with Gasteiger partial charge >= 0.3 is 0 Å². The second kappa shape index (κ2) is 4.98. The van der Waals surface area contributed by atoms with Crippen molar-refractivity contribution >= 4 is 40.0 Å². The number of hydrogen-bond donors (Lipinski definition) is 2. The molecule has 0 amide bonds. The molecule has 0 aliphatic heterocycles. The standard InChI is InChI=1S/C12H16ClIN4O/c1-19-5-6-2-9(12(15)3-7(6)12)17-10-8(14)4-16-11(13)18-10/h4,6-7,9H,2-3,5,15H2,1H3,(H,16,17,18)/t6-,7+,9-,12-/m1/s1. The van der Waals surface area contributed by atoms with Gasteiger partial charge < -0.3 is 15.8 Å². The Morgan fingerprint density at radius 2 is 2.47 bits per heavy atom. The van der Waals surface area contributed by atoms with E-state index in [2.05, 4.69) is 37.9 Å². The molecule has 0 radical (unpaired) electrons. The van der Waals surface area contributed by atoms with Gasteiger partial charge in [-0.05, 0) is 58.9 Å². The van der Waals surface area contributed by atoms with Crippen molar-refractivity contribution in [3.63, 3.8) is 0 Å². The minimum Gasteiger partial charge on any atom is -0.384 e. The predicted octanol–water partition coefficient (Wildman–Crippen LogP) is 1.90. The predicted molar refractivity (Wildman–Crippen MR) is 82.2 cm³/mol. The highest BCUT2D eigenvalue weighted by Crippen LogP contribution is 2.57. The van der Waals surface area contributed by atoms with E-state index in [4.69, 9.17) is 22.1 Å². The van der Waals surface area contributed by atoms with Crippen LogP contribution < -0.4 is 11.1 Å². The smallest absolute Gasteiger partial charge is 0.224 e. The summed E-state index contributed by atoms with van der Waals surface area (Å²) in [4.78, 5) is 8.20. The van der Waals surface area contributed by atoms with Gasteiger partial charge in [0, 0.05) is 31.5 Å². The van der Waals surface area contributed by atoms with Crippen LogP contribution in [-0.2, 0) is 4.74 Å². The monoisotopic (exact) mass is 394 g/mol. The van der Waals surface area contributed by atoms with Crippen LogP contribution in [-0.4, -0.2) is 35.3 Å². The van der Waals surface area contributed by atoms with Crippen molar-refractivity contribution in [2.75, 3.05) is 19.0 Å². The maximum Gasteiger partial charge on any atom is 0.224 e. The fraction of sp³-hybridized carbons (Fsp3) is 0.667. The molecule has 104 valence electrons. The number of fused-ring (bicyclic) bond motifs is 1. The first-order valence-corrected chi connectivity index (χ1v) is 7.72. The normalized spacial score (nSPS) is 36.1. The van der Waals surface area contributed by atoms with Crippen LogP contribution in [0.2, 0.25) is 5.28 Å². The summed E-state index contributed by atoms with van der Waals surface area (Å²) in [6.45, 7) is 0.781. The van der Waals surface area contributed by atoms with Gasteiger partial charge in [-0.25, -0.2) is 4.98 Å². The van der Waals surface area contributed by atoms with Crippen LogP contribution in [0.3, 0.4) is 0 Å². The van der Waals surface area contributed by atoms with Gasteiger partial charge in [0.05, 0.1) is 3.57 Å². The van der Waals surface area contributed by atoms with E-state index in [1.807, 2.05) is 0 Å². The fourth-order valence-electron chi connectivity index (χ4n) is 3.22. The summed E-state index contributed by atoms with van der Waals surface area (Å²) in [5.41, 5.74) is 6.35. The molecule has 7 heteroatoms. The molecule has 3 N–H and O–H groups in total. The van der Waals surface area contributed by atoms with Crippen LogP contribution >= 0.6 is 34.2 Å². The molecule has 1 aromatic rings. The Morgan fingerprint density at radius 1 is 1.68 bits per heavy atom. The minimum atomic E-state index is -0.107. The van der Waals surface area contributed by atoms with Crippen LogP contribution in [0, 0.1) is 15.4 Å². The number of nitrogens with zero attached hydrogens (tertiary/aromatic N) is 2. The topological polar surface area (TPSA) is 73.1 Å². The van der Waals surface area contributed by atoms with Crippen molar-refractivity contribution in [1.82, 2.24) is 9.97 Å². The van der Waals surface area contributed by atoms with Crippen molar-refractivity contribution in [3.8, 4) is 0 Å². The Hall–Kier alpha value is -0.180. The van der Waals surface area contributed by atoms with E-state index in [-0.39, 0.29) is 16.9 Å². The van der Waals surface area contributed by atoms with Crippen molar-refractivity contribution in [2.24, 2.45) is 17.6 Å². The van der Waals surface area contributed by atoms with Gasteiger partial charge in [0.1, 0.15) is 5.82 Å². The maximum atomic E-state index is 6.46. The molecule has 1 aromatic heterocycles. The molecule has 0 unspecified atom stereocenters.